The summed E-state index contributed by atoms with van der Waals surface area (Å²) >= 11 is 15.7. The zero-order valence-corrected chi connectivity index (χ0v) is 13.6. The second-order valence-corrected chi connectivity index (χ2v) is 5.77. The van der Waals surface area contributed by atoms with Crippen LogP contribution in [0.5, 0.6) is 0 Å². The van der Waals surface area contributed by atoms with Crippen LogP contribution in [0.15, 0.2) is 40.9 Å². The van der Waals surface area contributed by atoms with E-state index in [0.29, 0.717) is 27.2 Å². The van der Waals surface area contributed by atoms with E-state index < -0.39 is 0 Å². The van der Waals surface area contributed by atoms with Crippen molar-refractivity contribution < 1.29 is 0 Å². The van der Waals surface area contributed by atoms with Gasteiger partial charge in [-0.15, -0.1) is 5.10 Å². The van der Waals surface area contributed by atoms with E-state index in [9.17, 15) is 0 Å². The third-order valence-corrected chi connectivity index (χ3v) is 4.59. The molecule has 21 heavy (non-hydrogen) atoms. The highest BCUT2D eigenvalue weighted by molar-refractivity contribution is 9.10. The van der Waals surface area contributed by atoms with E-state index in [2.05, 4.69) is 31.5 Å². The normalized spacial score (nSPS) is 10.8. The minimum absolute atomic E-state index is 0.382. The van der Waals surface area contributed by atoms with Crippen LogP contribution in [-0.2, 0) is 0 Å². The first-order chi connectivity index (χ1) is 10.1. The number of tetrazole rings is 1. The Morgan fingerprint density at radius 2 is 1.86 bits per heavy atom. The Morgan fingerprint density at radius 1 is 1.10 bits per heavy atom. The zero-order chi connectivity index (χ0) is 15.0. The van der Waals surface area contributed by atoms with E-state index in [4.69, 9.17) is 28.9 Å². The highest BCUT2D eigenvalue weighted by Crippen LogP contribution is 2.34. The van der Waals surface area contributed by atoms with Crippen LogP contribution in [0.1, 0.15) is 0 Å². The Labute approximate surface area is 138 Å². The van der Waals surface area contributed by atoms with Crippen LogP contribution < -0.4 is 5.73 Å². The second-order valence-electron chi connectivity index (χ2n) is 4.20. The molecule has 2 aromatic carbocycles. The third kappa shape index (κ3) is 2.50. The molecule has 0 fully saturated rings. The van der Waals surface area contributed by atoms with Crippen molar-refractivity contribution in [2.45, 2.75) is 0 Å². The molecule has 0 saturated heterocycles. The zero-order valence-electron chi connectivity index (χ0n) is 10.5. The maximum absolute atomic E-state index is 6.23. The number of halogens is 3. The van der Waals surface area contributed by atoms with Crippen LogP contribution in [0.3, 0.4) is 0 Å². The topological polar surface area (TPSA) is 69.6 Å². The standard InChI is InChI=1S/C13H8BrCl2N5/c14-11-7(3-1-5-9(11)17)13-18-19-20-21(13)10-6-2-4-8(15)12(10)16/h1-6H,17H2. The van der Waals surface area contributed by atoms with Crippen molar-refractivity contribution in [1.82, 2.24) is 20.2 Å². The van der Waals surface area contributed by atoms with Crippen LogP contribution in [0.2, 0.25) is 10.0 Å². The van der Waals surface area contributed by atoms with Crippen molar-refractivity contribution in [1.29, 1.82) is 0 Å². The van der Waals surface area contributed by atoms with Crippen LogP contribution in [0, 0.1) is 0 Å². The molecule has 0 spiro atoms. The van der Waals surface area contributed by atoms with Gasteiger partial charge in [0, 0.05) is 11.3 Å². The summed E-state index contributed by atoms with van der Waals surface area (Å²) in [4.78, 5) is 0. The van der Waals surface area contributed by atoms with Crippen LogP contribution >= 0.6 is 39.1 Å². The highest BCUT2D eigenvalue weighted by Gasteiger charge is 2.17. The Hall–Kier alpha value is -1.63. The van der Waals surface area contributed by atoms with Gasteiger partial charge >= 0.3 is 0 Å². The lowest BCUT2D eigenvalue weighted by molar-refractivity contribution is 0.791. The van der Waals surface area contributed by atoms with Crippen molar-refractivity contribution in [2.75, 3.05) is 5.73 Å². The molecule has 0 aliphatic rings. The summed E-state index contributed by atoms with van der Waals surface area (Å²) in [6.07, 6.45) is 0. The fourth-order valence-corrected chi connectivity index (χ4v) is 2.71. The molecule has 0 unspecified atom stereocenters. The van der Waals surface area contributed by atoms with Crippen molar-refractivity contribution in [2.24, 2.45) is 0 Å². The van der Waals surface area contributed by atoms with Crippen LogP contribution in [0.4, 0.5) is 5.69 Å². The number of nitrogen functional groups attached to an aromatic ring is 1. The lowest BCUT2D eigenvalue weighted by Crippen LogP contribution is -2.02. The van der Waals surface area contributed by atoms with Crippen LogP contribution in [-0.4, -0.2) is 20.2 Å². The molecule has 0 saturated carbocycles. The Bertz CT molecular complexity index is 752. The fraction of sp³-hybridized carbons (Fsp3) is 0. The number of nitrogens with two attached hydrogens (primary N) is 1. The number of hydrogen-bond donors (Lipinski definition) is 1. The van der Waals surface area contributed by atoms with Crippen molar-refractivity contribution in [3.05, 3.63) is 50.9 Å². The molecule has 3 rings (SSSR count). The van der Waals surface area contributed by atoms with Crippen LogP contribution in [0.25, 0.3) is 17.1 Å². The molecule has 0 amide bonds. The number of hydrogen-bond acceptors (Lipinski definition) is 4. The Balaban J connectivity index is 2.22. The Kier molecular flexibility index (Phi) is 3.84. The van der Waals surface area contributed by atoms with Gasteiger partial charge in [0.15, 0.2) is 5.82 Å². The molecule has 2 N–H and O–H groups in total. The maximum Gasteiger partial charge on any atom is 0.188 e. The van der Waals surface area contributed by atoms with Gasteiger partial charge in [0.25, 0.3) is 0 Å². The number of rotatable bonds is 2. The highest BCUT2D eigenvalue weighted by atomic mass is 79.9. The Morgan fingerprint density at radius 3 is 2.67 bits per heavy atom. The first-order valence-electron chi connectivity index (χ1n) is 5.86. The summed E-state index contributed by atoms with van der Waals surface area (Å²) in [6.45, 7) is 0. The molecular weight excluding hydrogens is 377 g/mol. The van der Waals surface area contributed by atoms with Gasteiger partial charge in [-0.1, -0.05) is 35.3 Å². The first-order valence-corrected chi connectivity index (χ1v) is 7.41. The van der Waals surface area contributed by atoms with Gasteiger partial charge in [0.2, 0.25) is 0 Å². The number of aromatic nitrogens is 4. The molecule has 0 aliphatic carbocycles. The molecule has 1 aromatic heterocycles. The number of benzene rings is 2. The SMILES string of the molecule is Nc1cccc(-c2nnnn2-c2cccc(Cl)c2Cl)c1Br. The minimum Gasteiger partial charge on any atom is -0.398 e. The summed E-state index contributed by atoms with van der Waals surface area (Å²) in [7, 11) is 0. The first kappa shape index (κ1) is 14.3. The molecular formula is C13H8BrCl2N5. The molecule has 8 heteroatoms. The van der Waals surface area contributed by atoms with Crippen molar-refractivity contribution >= 4 is 44.8 Å². The fourth-order valence-electron chi connectivity index (χ4n) is 1.90. The van der Waals surface area contributed by atoms with Crippen molar-refractivity contribution in [3.63, 3.8) is 0 Å². The van der Waals surface area contributed by atoms with Gasteiger partial charge < -0.3 is 5.73 Å². The number of nitrogens with zero attached hydrogens (tertiary/aromatic N) is 4. The van der Waals surface area contributed by atoms with Gasteiger partial charge in [-0.2, -0.15) is 4.68 Å². The second kappa shape index (κ2) is 5.63. The summed E-state index contributed by atoms with van der Waals surface area (Å²) in [5.74, 6) is 0.512. The average molecular weight is 385 g/mol. The lowest BCUT2D eigenvalue weighted by atomic mass is 10.2. The summed E-state index contributed by atoms with van der Waals surface area (Å²) < 4.78 is 2.24. The third-order valence-electron chi connectivity index (χ3n) is 2.90. The quantitative estimate of drug-likeness (QED) is 0.678. The number of anilines is 1. The van der Waals surface area contributed by atoms with Gasteiger partial charge in [-0.3, -0.25) is 0 Å². The predicted molar refractivity (Wildman–Crippen MR) is 86.7 cm³/mol. The smallest absolute Gasteiger partial charge is 0.188 e. The van der Waals surface area contributed by atoms with Crippen molar-refractivity contribution in [3.8, 4) is 17.1 Å². The van der Waals surface area contributed by atoms with Gasteiger partial charge in [-0.05, 0) is 50.6 Å². The predicted octanol–water partition coefficient (Wildman–Crippen LogP) is 3.98. The average Bonchev–Trinajstić information content (AvgIpc) is 2.94. The molecule has 0 atom stereocenters. The van der Waals surface area contributed by atoms with E-state index >= 15 is 0 Å². The molecule has 0 bridgehead atoms. The van der Waals surface area contributed by atoms with E-state index in [0.717, 1.165) is 10.0 Å². The lowest BCUT2D eigenvalue weighted by Gasteiger charge is -2.09. The van der Waals surface area contributed by atoms with Gasteiger partial charge in [0.1, 0.15) is 0 Å². The molecule has 3 aromatic rings. The summed E-state index contributed by atoms with van der Waals surface area (Å²) in [5.41, 5.74) is 7.85. The van der Waals surface area contributed by atoms with E-state index in [1.165, 1.54) is 4.68 Å². The minimum atomic E-state index is 0.382. The molecule has 0 aliphatic heterocycles. The van der Waals surface area contributed by atoms with E-state index in [1.807, 2.05) is 12.1 Å². The molecule has 5 nitrogen and oxygen atoms in total. The molecule has 106 valence electrons. The summed E-state index contributed by atoms with van der Waals surface area (Å²) in [6, 6.07) is 10.7. The molecule has 0 radical (unpaired) electrons. The summed E-state index contributed by atoms with van der Waals surface area (Å²) in [5, 5.41) is 12.6. The van der Waals surface area contributed by atoms with E-state index in [-0.39, 0.29) is 0 Å². The largest absolute Gasteiger partial charge is 0.398 e. The van der Waals surface area contributed by atoms with E-state index in [1.54, 1.807) is 24.3 Å². The van der Waals surface area contributed by atoms with Gasteiger partial charge in [-0.25, -0.2) is 0 Å². The molecule has 1 heterocycles. The monoisotopic (exact) mass is 383 g/mol. The van der Waals surface area contributed by atoms with Gasteiger partial charge in [0.05, 0.1) is 20.2 Å². The maximum atomic E-state index is 6.23.